The second-order valence-electron chi connectivity index (χ2n) is 5.63. The molecule has 2 unspecified atom stereocenters. The predicted octanol–water partition coefficient (Wildman–Crippen LogP) is 3.29. The Labute approximate surface area is 128 Å². The van der Waals surface area contributed by atoms with Gasteiger partial charge in [-0.1, -0.05) is 6.42 Å². The van der Waals surface area contributed by atoms with Gasteiger partial charge < -0.3 is 5.32 Å². The maximum absolute atomic E-state index is 12.2. The maximum atomic E-state index is 12.2. The summed E-state index contributed by atoms with van der Waals surface area (Å²) in [5.41, 5.74) is 0.982. The first-order valence-electron chi connectivity index (χ1n) is 7.11. The van der Waals surface area contributed by atoms with Crippen molar-refractivity contribution < 1.29 is 9.72 Å². The molecule has 1 amide bonds. The van der Waals surface area contributed by atoms with Crippen molar-refractivity contribution in [3.05, 3.63) is 39.4 Å². The zero-order chi connectivity index (χ0) is 15.4. The zero-order valence-corrected chi connectivity index (χ0v) is 12.7. The average molecular weight is 311 g/mol. The third-order valence-corrected chi connectivity index (χ3v) is 4.47. The van der Waals surface area contributed by atoms with Crippen molar-refractivity contribution in [3.63, 3.8) is 0 Å². The van der Waals surface area contributed by atoms with E-state index in [9.17, 15) is 14.9 Å². The van der Waals surface area contributed by atoms with E-state index in [2.05, 4.69) is 5.32 Å². The Morgan fingerprint density at radius 1 is 1.38 bits per heavy atom. The molecule has 1 fully saturated rings. The monoisotopic (exact) mass is 310 g/mol. The first kappa shape index (κ1) is 15.8. The third-order valence-electron chi connectivity index (χ3n) is 4.07. The summed E-state index contributed by atoms with van der Waals surface area (Å²) < 4.78 is 0. The molecule has 0 bridgehead atoms. The van der Waals surface area contributed by atoms with Gasteiger partial charge in [-0.25, -0.2) is 0 Å². The summed E-state index contributed by atoms with van der Waals surface area (Å²) in [6, 6.07) is 4.43. The maximum Gasteiger partial charge on any atom is 0.270 e. The van der Waals surface area contributed by atoms with Gasteiger partial charge in [-0.3, -0.25) is 14.9 Å². The van der Waals surface area contributed by atoms with E-state index < -0.39 is 4.92 Å². The number of hydrogen-bond donors (Lipinski definition) is 1. The van der Waals surface area contributed by atoms with Gasteiger partial charge in [0.05, 0.1) is 4.92 Å². The molecule has 2 rings (SSSR count). The highest BCUT2D eigenvalue weighted by molar-refractivity contribution is 6.18. The third kappa shape index (κ3) is 3.94. The zero-order valence-electron chi connectivity index (χ0n) is 12.0. The minimum atomic E-state index is -0.482. The van der Waals surface area contributed by atoms with E-state index in [0.29, 0.717) is 35.4 Å². The van der Waals surface area contributed by atoms with Crippen LogP contribution in [0.25, 0.3) is 0 Å². The molecule has 0 saturated heterocycles. The summed E-state index contributed by atoms with van der Waals surface area (Å²) in [4.78, 5) is 22.5. The van der Waals surface area contributed by atoms with Crippen LogP contribution >= 0.6 is 11.6 Å². The lowest BCUT2D eigenvalue weighted by Crippen LogP contribution is -2.31. The van der Waals surface area contributed by atoms with E-state index in [1.165, 1.54) is 12.1 Å². The quantitative estimate of drug-likeness (QED) is 0.515. The summed E-state index contributed by atoms with van der Waals surface area (Å²) in [5.74, 6) is 1.23. The summed E-state index contributed by atoms with van der Waals surface area (Å²) in [6.07, 6.45) is 3.33. The van der Waals surface area contributed by atoms with Crippen LogP contribution in [0.5, 0.6) is 0 Å². The fourth-order valence-corrected chi connectivity index (χ4v) is 3.32. The number of nitrogens with one attached hydrogen (secondary N) is 1. The molecule has 0 heterocycles. The van der Waals surface area contributed by atoms with Crippen molar-refractivity contribution in [3.8, 4) is 0 Å². The number of carbonyl (C=O) groups excluding carboxylic acids is 1. The van der Waals surface area contributed by atoms with Crippen molar-refractivity contribution in [2.24, 2.45) is 11.8 Å². The number of rotatable bonds is 5. The number of aryl methyl sites for hydroxylation is 1. The van der Waals surface area contributed by atoms with Crippen LogP contribution in [-0.4, -0.2) is 23.3 Å². The van der Waals surface area contributed by atoms with E-state index in [1.807, 2.05) is 0 Å². The van der Waals surface area contributed by atoms with E-state index in [-0.39, 0.29) is 11.6 Å². The lowest BCUT2D eigenvalue weighted by Gasteiger charge is -2.17. The summed E-state index contributed by atoms with van der Waals surface area (Å²) in [5, 5.41) is 13.7. The van der Waals surface area contributed by atoms with Gasteiger partial charge >= 0.3 is 0 Å². The van der Waals surface area contributed by atoms with Crippen molar-refractivity contribution in [2.75, 3.05) is 12.4 Å². The first-order valence-corrected chi connectivity index (χ1v) is 7.65. The fourth-order valence-electron chi connectivity index (χ4n) is 2.91. The van der Waals surface area contributed by atoms with Crippen molar-refractivity contribution in [1.29, 1.82) is 0 Å². The number of nitro groups is 1. The van der Waals surface area contributed by atoms with Crippen LogP contribution in [0.3, 0.4) is 0 Å². The van der Waals surface area contributed by atoms with Crippen LogP contribution in [0.4, 0.5) is 5.69 Å². The summed E-state index contributed by atoms with van der Waals surface area (Å²) in [7, 11) is 0. The van der Waals surface area contributed by atoms with Crippen LogP contribution in [0.1, 0.15) is 35.2 Å². The second kappa shape index (κ2) is 6.89. The van der Waals surface area contributed by atoms with E-state index in [0.717, 1.165) is 19.3 Å². The predicted molar refractivity (Wildman–Crippen MR) is 81.7 cm³/mol. The Hall–Kier alpha value is -1.62. The largest absolute Gasteiger partial charge is 0.352 e. The molecule has 1 N–H and O–H groups in total. The number of non-ortho nitro benzene ring substituents is 1. The highest BCUT2D eigenvalue weighted by Gasteiger charge is 2.26. The molecule has 114 valence electrons. The SMILES string of the molecule is Cc1cc(C(=O)NCC2CCCC2CCl)cc([N+](=O)[O-])c1. The normalized spacial score (nSPS) is 21.2. The lowest BCUT2D eigenvalue weighted by atomic mass is 9.98. The van der Waals surface area contributed by atoms with Gasteiger partial charge in [-0.2, -0.15) is 0 Å². The number of hydrogen-bond acceptors (Lipinski definition) is 3. The van der Waals surface area contributed by atoms with Gasteiger partial charge in [0, 0.05) is 30.1 Å². The van der Waals surface area contributed by atoms with Crippen molar-refractivity contribution >= 4 is 23.2 Å². The molecule has 5 nitrogen and oxygen atoms in total. The van der Waals surface area contributed by atoms with Gasteiger partial charge in [-0.15, -0.1) is 11.6 Å². The van der Waals surface area contributed by atoms with Crippen LogP contribution in [-0.2, 0) is 0 Å². The van der Waals surface area contributed by atoms with Gasteiger partial charge in [-0.05, 0) is 43.2 Å². The molecule has 0 aromatic heterocycles. The average Bonchev–Trinajstić information content (AvgIpc) is 2.91. The molecule has 1 aliphatic carbocycles. The molecule has 0 radical (unpaired) electrons. The molecule has 1 aliphatic rings. The highest BCUT2D eigenvalue weighted by Crippen LogP contribution is 2.32. The Kier molecular flexibility index (Phi) is 5.17. The molecular formula is C15H19ClN2O3. The number of alkyl halides is 1. The molecule has 6 heteroatoms. The number of nitro benzene ring substituents is 1. The molecular weight excluding hydrogens is 292 g/mol. The molecule has 2 atom stereocenters. The first-order chi connectivity index (χ1) is 10.0. The topological polar surface area (TPSA) is 72.2 Å². The molecule has 1 saturated carbocycles. The highest BCUT2D eigenvalue weighted by atomic mass is 35.5. The summed E-state index contributed by atoms with van der Waals surface area (Å²) in [6.45, 7) is 2.32. The molecule has 1 aromatic carbocycles. The van der Waals surface area contributed by atoms with Gasteiger partial charge in [0.15, 0.2) is 0 Å². The number of nitrogens with zero attached hydrogens (tertiary/aromatic N) is 1. The van der Waals surface area contributed by atoms with Crippen LogP contribution in [0.15, 0.2) is 18.2 Å². The van der Waals surface area contributed by atoms with Crippen LogP contribution in [0.2, 0.25) is 0 Å². The lowest BCUT2D eigenvalue weighted by molar-refractivity contribution is -0.384. The minimum absolute atomic E-state index is 0.0559. The van der Waals surface area contributed by atoms with Crippen LogP contribution in [0, 0.1) is 28.9 Å². The Balaban J connectivity index is 2.02. The standard InChI is InChI=1S/C15H19ClN2O3/c1-10-5-13(7-14(6-10)18(20)21)15(19)17-9-12-4-2-3-11(12)8-16/h5-7,11-12H,2-4,8-9H2,1H3,(H,17,19). The van der Waals surface area contributed by atoms with Crippen LogP contribution < -0.4 is 5.32 Å². The minimum Gasteiger partial charge on any atom is -0.352 e. The molecule has 0 aliphatic heterocycles. The summed E-state index contributed by atoms with van der Waals surface area (Å²) >= 11 is 5.92. The Morgan fingerprint density at radius 3 is 2.76 bits per heavy atom. The van der Waals surface area contributed by atoms with E-state index in [1.54, 1.807) is 13.0 Å². The molecule has 1 aromatic rings. The smallest absolute Gasteiger partial charge is 0.270 e. The Morgan fingerprint density at radius 2 is 2.10 bits per heavy atom. The van der Waals surface area contributed by atoms with Gasteiger partial charge in [0.2, 0.25) is 0 Å². The number of benzene rings is 1. The molecule has 0 spiro atoms. The van der Waals surface area contributed by atoms with E-state index in [4.69, 9.17) is 11.6 Å². The number of amides is 1. The van der Waals surface area contributed by atoms with Gasteiger partial charge in [0.25, 0.3) is 11.6 Å². The second-order valence-corrected chi connectivity index (χ2v) is 5.94. The Bertz CT molecular complexity index is 548. The fraction of sp³-hybridized carbons (Fsp3) is 0.533. The number of carbonyl (C=O) groups is 1. The van der Waals surface area contributed by atoms with Crippen molar-refractivity contribution in [1.82, 2.24) is 5.32 Å². The van der Waals surface area contributed by atoms with E-state index >= 15 is 0 Å². The van der Waals surface area contributed by atoms with Crippen molar-refractivity contribution in [2.45, 2.75) is 26.2 Å². The molecule has 21 heavy (non-hydrogen) atoms. The van der Waals surface area contributed by atoms with Gasteiger partial charge in [0.1, 0.15) is 0 Å². The number of halogens is 1.